The van der Waals surface area contributed by atoms with Crippen molar-refractivity contribution in [2.24, 2.45) is 5.73 Å². The third-order valence-corrected chi connectivity index (χ3v) is 2.07. The van der Waals surface area contributed by atoms with E-state index in [2.05, 4.69) is 4.74 Å². The number of carbonyl (C=O) groups is 1. The number of rotatable bonds is 3. The van der Waals surface area contributed by atoms with E-state index in [1.807, 2.05) is 0 Å². The first-order chi connectivity index (χ1) is 7.10. The Kier molecular flexibility index (Phi) is 3.74. The molecule has 1 aromatic carbocycles. The number of hydrogen-bond donors (Lipinski definition) is 1. The summed E-state index contributed by atoms with van der Waals surface area (Å²) >= 11 is 0. The molecule has 82 valence electrons. The molecule has 5 heteroatoms. The van der Waals surface area contributed by atoms with Crippen molar-refractivity contribution in [2.45, 2.75) is 5.92 Å². The molecule has 1 rings (SSSR count). The van der Waals surface area contributed by atoms with Crippen LogP contribution in [-0.2, 0) is 9.53 Å². The van der Waals surface area contributed by atoms with Crippen LogP contribution in [0.5, 0.6) is 0 Å². The van der Waals surface area contributed by atoms with Crippen molar-refractivity contribution in [1.29, 1.82) is 0 Å². The van der Waals surface area contributed by atoms with Gasteiger partial charge in [-0.2, -0.15) is 0 Å². The lowest BCUT2D eigenvalue weighted by atomic mass is 9.99. The number of esters is 1. The van der Waals surface area contributed by atoms with Gasteiger partial charge in [-0.25, -0.2) is 8.78 Å². The number of halogens is 2. The standard InChI is InChI=1S/C10H11F2NO2/c1-15-10(14)7(5-13)6-2-3-8(11)9(12)4-6/h2-4,7H,5,13H2,1H3. The fourth-order valence-corrected chi connectivity index (χ4v) is 1.24. The van der Waals surface area contributed by atoms with E-state index in [4.69, 9.17) is 5.73 Å². The predicted molar refractivity (Wildman–Crippen MR) is 50.2 cm³/mol. The van der Waals surface area contributed by atoms with Gasteiger partial charge in [0.2, 0.25) is 0 Å². The number of hydrogen-bond acceptors (Lipinski definition) is 3. The van der Waals surface area contributed by atoms with Crippen LogP contribution in [0.4, 0.5) is 8.78 Å². The average Bonchev–Trinajstić information content (AvgIpc) is 2.24. The van der Waals surface area contributed by atoms with Gasteiger partial charge in [0.05, 0.1) is 13.0 Å². The molecule has 0 saturated heterocycles. The zero-order valence-electron chi connectivity index (χ0n) is 8.17. The average molecular weight is 215 g/mol. The summed E-state index contributed by atoms with van der Waals surface area (Å²) in [5.74, 6) is -3.29. The van der Waals surface area contributed by atoms with E-state index in [1.165, 1.54) is 13.2 Å². The summed E-state index contributed by atoms with van der Waals surface area (Å²) in [6.45, 7) is -0.0161. The topological polar surface area (TPSA) is 52.3 Å². The third-order valence-electron chi connectivity index (χ3n) is 2.07. The molecule has 0 aliphatic rings. The normalized spacial score (nSPS) is 12.3. The molecule has 0 radical (unpaired) electrons. The van der Waals surface area contributed by atoms with Gasteiger partial charge in [-0.05, 0) is 17.7 Å². The second-order valence-electron chi connectivity index (χ2n) is 2.98. The van der Waals surface area contributed by atoms with Gasteiger partial charge < -0.3 is 10.5 Å². The fraction of sp³-hybridized carbons (Fsp3) is 0.300. The van der Waals surface area contributed by atoms with Gasteiger partial charge in [-0.15, -0.1) is 0 Å². The van der Waals surface area contributed by atoms with E-state index in [9.17, 15) is 13.6 Å². The van der Waals surface area contributed by atoms with Crippen LogP contribution in [0.3, 0.4) is 0 Å². The van der Waals surface area contributed by atoms with E-state index in [-0.39, 0.29) is 6.54 Å². The van der Waals surface area contributed by atoms with Crippen molar-refractivity contribution in [3.05, 3.63) is 35.4 Å². The lowest BCUT2D eigenvalue weighted by Gasteiger charge is -2.12. The number of ether oxygens (including phenoxy) is 1. The summed E-state index contributed by atoms with van der Waals surface area (Å²) in [4.78, 5) is 11.2. The highest BCUT2D eigenvalue weighted by molar-refractivity contribution is 5.78. The molecule has 0 amide bonds. The first kappa shape index (κ1) is 11.6. The summed E-state index contributed by atoms with van der Waals surface area (Å²) in [5, 5.41) is 0. The lowest BCUT2D eigenvalue weighted by Crippen LogP contribution is -2.22. The summed E-state index contributed by atoms with van der Waals surface area (Å²) in [6, 6.07) is 3.22. The van der Waals surface area contributed by atoms with Gasteiger partial charge in [0.1, 0.15) is 0 Å². The van der Waals surface area contributed by atoms with E-state index >= 15 is 0 Å². The second kappa shape index (κ2) is 4.84. The summed E-state index contributed by atoms with van der Waals surface area (Å²) < 4.78 is 30.0. The van der Waals surface area contributed by atoms with Crippen molar-refractivity contribution in [1.82, 2.24) is 0 Å². The minimum atomic E-state index is -1.00. The Morgan fingerprint density at radius 1 is 1.47 bits per heavy atom. The molecule has 2 N–H and O–H groups in total. The monoisotopic (exact) mass is 215 g/mol. The van der Waals surface area contributed by atoms with Gasteiger partial charge in [-0.3, -0.25) is 4.79 Å². The lowest BCUT2D eigenvalue weighted by molar-refractivity contribution is -0.142. The minimum Gasteiger partial charge on any atom is -0.469 e. The summed E-state index contributed by atoms with van der Waals surface area (Å²) in [7, 11) is 1.21. The van der Waals surface area contributed by atoms with Crippen LogP contribution in [0.2, 0.25) is 0 Å². The Hall–Kier alpha value is -1.49. The number of nitrogens with two attached hydrogens (primary N) is 1. The van der Waals surface area contributed by atoms with E-state index < -0.39 is 23.5 Å². The van der Waals surface area contributed by atoms with Crippen LogP contribution in [0, 0.1) is 11.6 Å². The Labute approximate surface area is 85.8 Å². The van der Waals surface area contributed by atoms with Crippen LogP contribution in [0.15, 0.2) is 18.2 Å². The molecule has 0 bridgehead atoms. The molecule has 1 unspecified atom stereocenters. The first-order valence-corrected chi connectivity index (χ1v) is 4.33. The highest BCUT2D eigenvalue weighted by Gasteiger charge is 2.20. The number of methoxy groups -OCH3 is 1. The van der Waals surface area contributed by atoms with Crippen LogP contribution in [-0.4, -0.2) is 19.6 Å². The van der Waals surface area contributed by atoms with Crippen LogP contribution in [0.25, 0.3) is 0 Å². The summed E-state index contributed by atoms with van der Waals surface area (Å²) in [5.41, 5.74) is 5.66. The smallest absolute Gasteiger partial charge is 0.314 e. The van der Waals surface area contributed by atoms with Crippen LogP contribution < -0.4 is 5.73 Å². The second-order valence-corrected chi connectivity index (χ2v) is 2.98. The molecule has 0 aliphatic carbocycles. The highest BCUT2D eigenvalue weighted by atomic mass is 19.2. The van der Waals surface area contributed by atoms with Gasteiger partial charge in [0.25, 0.3) is 0 Å². The SMILES string of the molecule is COC(=O)C(CN)c1ccc(F)c(F)c1. The van der Waals surface area contributed by atoms with Gasteiger partial charge >= 0.3 is 5.97 Å². The largest absolute Gasteiger partial charge is 0.469 e. The first-order valence-electron chi connectivity index (χ1n) is 4.33. The molecule has 0 aromatic heterocycles. The van der Waals surface area contributed by atoms with E-state index in [0.29, 0.717) is 5.56 Å². The van der Waals surface area contributed by atoms with Crippen molar-refractivity contribution in [2.75, 3.05) is 13.7 Å². The molecular formula is C10H11F2NO2. The quantitative estimate of drug-likeness (QED) is 0.770. The van der Waals surface area contributed by atoms with Crippen molar-refractivity contribution < 1.29 is 18.3 Å². The predicted octanol–water partition coefficient (Wildman–Crippen LogP) is 1.18. The zero-order chi connectivity index (χ0) is 11.4. The molecular weight excluding hydrogens is 204 g/mol. The Morgan fingerprint density at radius 2 is 2.13 bits per heavy atom. The molecule has 1 aromatic rings. The zero-order valence-corrected chi connectivity index (χ0v) is 8.17. The van der Waals surface area contributed by atoms with Gasteiger partial charge in [-0.1, -0.05) is 6.07 Å². The maximum Gasteiger partial charge on any atom is 0.314 e. The molecule has 0 saturated carbocycles. The maximum absolute atomic E-state index is 12.9. The summed E-state index contributed by atoms with van der Waals surface area (Å²) in [6.07, 6.45) is 0. The fourth-order valence-electron chi connectivity index (χ4n) is 1.24. The maximum atomic E-state index is 12.9. The molecule has 0 fully saturated rings. The number of carbonyl (C=O) groups excluding carboxylic acids is 1. The van der Waals surface area contributed by atoms with Gasteiger partial charge in [0.15, 0.2) is 11.6 Å². The van der Waals surface area contributed by atoms with E-state index in [1.54, 1.807) is 0 Å². The molecule has 15 heavy (non-hydrogen) atoms. The molecule has 0 aliphatic heterocycles. The Bertz CT molecular complexity index is 368. The molecule has 0 spiro atoms. The van der Waals surface area contributed by atoms with Crippen molar-refractivity contribution >= 4 is 5.97 Å². The highest BCUT2D eigenvalue weighted by Crippen LogP contribution is 2.18. The van der Waals surface area contributed by atoms with Crippen molar-refractivity contribution in [3.63, 3.8) is 0 Å². The third kappa shape index (κ3) is 2.50. The molecule has 0 heterocycles. The Balaban J connectivity index is 3.02. The minimum absolute atomic E-state index is 0.0161. The van der Waals surface area contributed by atoms with Crippen molar-refractivity contribution in [3.8, 4) is 0 Å². The van der Waals surface area contributed by atoms with Crippen LogP contribution >= 0.6 is 0 Å². The van der Waals surface area contributed by atoms with Crippen LogP contribution in [0.1, 0.15) is 11.5 Å². The number of benzene rings is 1. The van der Waals surface area contributed by atoms with E-state index in [0.717, 1.165) is 12.1 Å². The Morgan fingerprint density at radius 3 is 2.60 bits per heavy atom. The van der Waals surface area contributed by atoms with Gasteiger partial charge in [0, 0.05) is 6.54 Å². The molecule has 1 atom stereocenters. The molecule has 3 nitrogen and oxygen atoms in total.